The van der Waals surface area contributed by atoms with E-state index in [1.165, 1.54) is 4.90 Å². The summed E-state index contributed by atoms with van der Waals surface area (Å²) < 4.78 is 5.16. The predicted molar refractivity (Wildman–Crippen MR) is 85.6 cm³/mol. The number of methoxy groups -OCH3 is 1. The van der Waals surface area contributed by atoms with E-state index in [0.717, 1.165) is 16.9 Å². The van der Waals surface area contributed by atoms with Crippen LogP contribution >= 0.6 is 11.8 Å². The molecule has 0 aliphatic carbocycles. The topological polar surface area (TPSA) is 29.5 Å². The van der Waals surface area contributed by atoms with Crippen LogP contribution in [0.3, 0.4) is 0 Å². The van der Waals surface area contributed by atoms with E-state index in [1.807, 2.05) is 12.1 Å². The van der Waals surface area contributed by atoms with Crippen molar-refractivity contribution < 1.29 is 9.84 Å². The number of rotatable bonds is 5. The first-order valence-electron chi connectivity index (χ1n) is 6.39. The van der Waals surface area contributed by atoms with E-state index in [-0.39, 0.29) is 0 Å². The maximum Gasteiger partial charge on any atom is 0.119 e. The van der Waals surface area contributed by atoms with Crippen molar-refractivity contribution in [3.05, 3.63) is 59.7 Å². The van der Waals surface area contributed by atoms with Crippen molar-refractivity contribution in [2.75, 3.05) is 13.4 Å². The van der Waals surface area contributed by atoms with E-state index in [9.17, 15) is 5.11 Å². The fourth-order valence-electron chi connectivity index (χ4n) is 1.89. The second kappa shape index (κ2) is 7.06. The average Bonchev–Trinajstić information content (AvgIpc) is 2.50. The van der Waals surface area contributed by atoms with Crippen LogP contribution in [0.2, 0.25) is 0 Å². The molecule has 20 heavy (non-hydrogen) atoms. The lowest BCUT2D eigenvalue weighted by molar-refractivity contribution is 0.411. The van der Waals surface area contributed by atoms with Crippen LogP contribution in [0, 0.1) is 0 Å². The van der Waals surface area contributed by atoms with E-state index in [2.05, 4.69) is 36.6 Å². The largest absolute Gasteiger partial charge is 0.508 e. The van der Waals surface area contributed by atoms with Crippen LogP contribution in [0.1, 0.15) is 11.1 Å². The van der Waals surface area contributed by atoms with Gasteiger partial charge >= 0.3 is 0 Å². The van der Waals surface area contributed by atoms with Crippen molar-refractivity contribution >= 4 is 17.8 Å². The molecule has 2 aromatic rings. The number of thioether (sulfide) groups is 1. The van der Waals surface area contributed by atoms with Crippen molar-refractivity contribution in [1.82, 2.24) is 0 Å². The summed E-state index contributed by atoms with van der Waals surface area (Å²) in [7, 11) is 1.62. The lowest BCUT2D eigenvalue weighted by atomic mass is 10.1. The van der Waals surface area contributed by atoms with E-state index in [1.54, 1.807) is 31.0 Å². The Morgan fingerprint density at radius 1 is 1.15 bits per heavy atom. The molecule has 0 aliphatic heterocycles. The number of phenolic OH excluding ortho intramolecular Hbond substituents is 1. The molecule has 3 heteroatoms. The normalized spacial score (nSPS) is 10.9. The fraction of sp³-hybridized carbons (Fsp3) is 0.176. The molecule has 0 heterocycles. The minimum absolute atomic E-state index is 0.299. The zero-order chi connectivity index (χ0) is 14.4. The van der Waals surface area contributed by atoms with Crippen LogP contribution in [0.4, 0.5) is 0 Å². The molecular formula is C17H18O2S. The molecular weight excluding hydrogens is 268 g/mol. The smallest absolute Gasteiger partial charge is 0.119 e. The first kappa shape index (κ1) is 14.5. The summed E-state index contributed by atoms with van der Waals surface area (Å²) in [4.78, 5) is 1.26. The number of hydrogen-bond acceptors (Lipinski definition) is 3. The summed E-state index contributed by atoms with van der Waals surface area (Å²) in [5, 5.41) is 9.80. The molecule has 0 atom stereocenters. The Labute approximate surface area is 124 Å². The van der Waals surface area contributed by atoms with Crippen LogP contribution in [-0.2, 0) is 6.42 Å². The van der Waals surface area contributed by atoms with Gasteiger partial charge in [0.05, 0.1) is 7.11 Å². The Balaban J connectivity index is 2.05. The summed E-state index contributed by atoms with van der Waals surface area (Å²) in [5.74, 6) is 1.06. The minimum atomic E-state index is 0.299. The van der Waals surface area contributed by atoms with Gasteiger partial charge in [-0.1, -0.05) is 24.3 Å². The molecule has 0 saturated heterocycles. The number of aromatic hydroxyl groups is 1. The molecule has 2 aromatic carbocycles. The van der Waals surface area contributed by atoms with Crippen molar-refractivity contribution in [3.63, 3.8) is 0 Å². The van der Waals surface area contributed by atoms with Gasteiger partial charge in [-0.15, -0.1) is 11.8 Å². The Morgan fingerprint density at radius 3 is 2.55 bits per heavy atom. The molecule has 2 rings (SSSR count). The standard InChI is InChI=1S/C17H18O2S/c1-19-15-8-11-17(18)14(12-15)5-3-4-13-6-9-16(20-2)10-7-13/h3-4,6-12,18H,5H2,1-2H3. The molecule has 0 saturated carbocycles. The van der Waals surface area contributed by atoms with E-state index in [4.69, 9.17) is 4.74 Å². The maximum atomic E-state index is 9.80. The van der Waals surface area contributed by atoms with Crippen LogP contribution in [-0.4, -0.2) is 18.5 Å². The van der Waals surface area contributed by atoms with Gasteiger partial charge in [0.1, 0.15) is 11.5 Å². The van der Waals surface area contributed by atoms with Crippen LogP contribution in [0.25, 0.3) is 6.08 Å². The minimum Gasteiger partial charge on any atom is -0.508 e. The maximum absolute atomic E-state index is 9.80. The number of hydrogen-bond donors (Lipinski definition) is 1. The molecule has 1 N–H and O–H groups in total. The summed E-state index contributed by atoms with van der Waals surface area (Å²) in [6, 6.07) is 13.7. The molecule has 0 aliphatic rings. The van der Waals surface area contributed by atoms with Crippen LogP contribution in [0.5, 0.6) is 11.5 Å². The monoisotopic (exact) mass is 286 g/mol. The third-order valence-electron chi connectivity index (χ3n) is 3.05. The molecule has 0 amide bonds. The molecule has 0 spiro atoms. The second-order valence-corrected chi connectivity index (χ2v) is 5.25. The third-order valence-corrected chi connectivity index (χ3v) is 3.79. The molecule has 0 fully saturated rings. The Bertz CT molecular complexity index is 588. The molecule has 0 aromatic heterocycles. The van der Waals surface area contributed by atoms with Crippen LogP contribution < -0.4 is 4.74 Å². The lowest BCUT2D eigenvalue weighted by Crippen LogP contribution is -1.87. The van der Waals surface area contributed by atoms with Crippen molar-refractivity contribution in [1.29, 1.82) is 0 Å². The quantitative estimate of drug-likeness (QED) is 0.827. The zero-order valence-electron chi connectivity index (χ0n) is 11.7. The molecule has 104 valence electrons. The first-order chi connectivity index (χ1) is 9.72. The van der Waals surface area contributed by atoms with Gasteiger partial charge in [-0.3, -0.25) is 0 Å². The third kappa shape index (κ3) is 3.81. The van der Waals surface area contributed by atoms with E-state index < -0.39 is 0 Å². The number of phenols is 1. The fourth-order valence-corrected chi connectivity index (χ4v) is 2.30. The summed E-state index contributed by atoms with van der Waals surface area (Å²) in [6.45, 7) is 0. The van der Waals surface area contributed by atoms with E-state index in [0.29, 0.717) is 12.2 Å². The highest BCUT2D eigenvalue weighted by Gasteiger charge is 2.01. The number of benzene rings is 2. The summed E-state index contributed by atoms with van der Waals surface area (Å²) in [6.07, 6.45) is 6.84. The molecule has 0 radical (unpaired) electrons. The Hall–Kier alpha value is -1.87. The van der Waals surface area contributed by atoms with Gasteiger partial charge < -0.3 is 9.84 Å². The molecule has 0 bridgehead atoms. The Morgan fingerprint density at radius 2 is 1.90 bits per heavy atom. The highest BCUT2D eigenvalue weighted by Crippen LogP contribution is 2.23. The van der Waals surface area contributed by atoms with E-state index >= 15 is 0 Å². The van der Waals surface area contributed by atoms with Gasteiger partial charge in [0.25, 0.3) is 0 Å². The van der Waals surface area contributed by atoms with Crippen molar-refractivity contribution in [3.8, 4) is 11.5 Å². The van der Waals surface area contributed by atoms with Gasteiger partial charge in [-0.2, -0.15) is 0 Å². The second-order valence-electron chi connectivity index (χ2n) is 4.37. The number of ether oxygens (including phenoxy) is 1. The average molecular weight is 286 g/mol. The van der Waals surface area contributed by atoms with Crippen molar-refractivity contribution in [2.24, 2.45) is 0 Å². The lowest BCUT2D eigenvalue weighted by Gasteiger charge is -2.05. The van der Waals surface area contributed by atoms with Gasteiger partial charge in [0.15, 0.2) is 0 Å². The Kier molecular flexibility index (Phi) is 5.13. The highest BCUT2D eigenvalue weighted by atomic mass is 32.2. The van der Waals surface area contributed by atoms with Gasteiger partial charge in [-0.25, -0.2) is 0 Å². The first-order valence-corrected chi connectivity index (χ1v) is 7.62. The van der Waals surface area contributed by atoms with Gasteiger partial charge in [-0.05, 0) is 48.6 Å². The summed E-state index contributed by atoms with van der Waals surface area (Å²) >= 11 is 1.73. The van der Waals surface area contributed by atoms with Gasteiger partial charge in [0.2, 0.25) is 0 Å². The predicted octanol–water partition coefficient (Wildman–Crippen LogP) is 4.38. The number of allylic oxidation sites excluding steroid dienone is 1. The SMILES string of the molecule is COc1ccc(O)c(CC=Cc2ccc(SC)cc2)c1. The summed E-state index contributed by atoms with van der Waals surface area (Å²) in [5.41, 5.74) is 2.02. The van der Waals surface area contributed by atoms with Crippen molar-refractivity contribution in [2.45, 2.75) is 11.3 Å². The van der Waals surface area contributed by atoms with Crippen LogP contribution in [0.15, 0.2) is 53.4 Å². The van der Waals surface area contributed by atoms with Gasteiger partial charge in [0, 0.05) is 10.5 Å². The molecule has 2 nitrogen and oxygen atoms in total. The zero-order valence-corrected chi connectivity index (χ0v) is 12.5. The highest BCUT2D eigenvalue weighted by molar-refractivity contribution is 7.98. The molecule has 0 unspecified atom stereocenters.